The molecule has 0 unspecified atom stereocenters. The average molecular weight is 503 g/mol. The number of amides is 2. The third-order valence-electron chi connectivity index (χ3n) is 4.93. The molecule has 2 aromatic carbocycles. The zero-order valence-corrected chi connectivity index (χ0v) is 21.1. The molecule has 0 saturated carbocycles. The van der Waals surface area contributed by atoms with Gasteiger partial charge in [0.1, 0.15) is 16.7 Å². The molecule has 1 saturated heterocycles. The molecule has 7 heteroatoms. The van der Waals surface area contributed by atoms with Crippen LogP contribution in [0.4, 0.5) is 9.59 Å². The Morgan fingerprint density at radius 3 is 1.78 bits per heavy atom. The number of alkyl carbamates (subject to hydrolysis) is 1. The Labute approximate surface area is 198 Å². The molecular formula is C25H31BrN2O4. The van der Waals surface area contributed by atoms with Crippen molar-refractivity contribution in [3.63, 3.8) is 0 Å². The van der Waals surface area contributed by atoms with E-state index < -0.39 is 28.9 Å². The normalized spacial score (nSPS) is 15.5. The van der Waals surface area contributed by atoms with E-state index in [1.54, 1.807) is 4.90 Å². The zero-order chi connectivity index (χ0) is 23.7. The van der Waals surface area contributed by atoms with Crippen molar-refractivity contribution in [1.82, 2.24) is 10.2 Å². The van der Waals surface area contributed by atoms with Gasteiger partial charge in [0, 0.05) is 4.47 Å². The Kier molecular flexibility index (Phi) is 6.61. The number of carbonyl (C=O) groups excluding carboxylic acids is 2. The van der Waals surface area contributed by atoms with Crippen molar-refractivity contribution in [1.29, 1.82) is 0 Å². The quantitative estimate of drug-likeness (QED) is 0.551. The van der Waals surface area contributed by atoms with Gasteiger partial charge < -0.3 is 19.7 Å². The van der Waals surface area contributed by atoms with Crippen LogP contribution in [-0.2, 0) is 15.0 Å². The molecule has 0 atom stereocenters. The first-order valence-corrected chi connectivity index (χ1v) is 11.4. The fourth-order valence-corrected chi connectivity index (χ4v) is 3.78. The molecule has 0 radical (unpaired) electrons. The summed E-state index contributed by atoms with van der Waals surface area (Å²) in [6.45, 7) is 11.6. The summed E-state index contributed by atoms with van der Waals surface area (Å²) in [5.41, 5.74) is 1.13. The molecule has 2 aromatic rings. The summed E-state index contributed by atoms with van der Waals surface area (Å²) in [7, 11) is 0. The van der Waals surface area contributed by atoms with Crippen molar-refractivity contribution in [2.24, 2.45) is 0 Å². The first-order valence-electron chi connectivity index (χ1n) is 10.6. The van der Waals surface area contributed by atoms with E-state index in [4.69, 9.17) is 9.47 Å². The minimum atomic E-state index is -0.739. The SMILES string of the molecule is CC(C)(C)OC(=O)NC1(c2ccc(-c3ccc(Br)cc3)cc2)CN(C(=O)OC(C)(C)C)C1. The summed E-state index contributed by atoms with van der Waals surface area (Å²) in [5, 5.41) is 3.00. The van der Waals surface area contributed by atoms with Crippen LogP contribution in [0.25, 0.3) is 11.1 Å². The van der Waals surface area contributed by atoms with Crippen molar-refractivity contribution in [2.45, 2.75) is 58.3 Å². The summed E-state index contributed by atoms with van der Waals surface area (Å²) < 4.78 is 12.0. The Morgan fingerprint density at radius 2 is 1.31 bits per heavy atom. The molecule has 6 nitrogen and oxygen atoms in total. The standard InChI is InChI=1S/C25H31BrN2O4/c1-23(2,3)31-21(29)27-25(15-28(16-25)22(30)32-24(4,5)6)19-11-7-17(8-12-19)18-9-13-20(26)14-10-18/h7-14H,15-16H2,1-6H3,(H,27,29). The Balaban J connectivity index is 1.82. The number of ether oxygens (including phenoxy) is 2. The maximum Gasteiger partial charge on any atom is 0.410 e. The number of carbonyl (C=O) groups is 2. The lowest BCUT2D eigenvalue weighted by Crippen LogP contribution is -2.69. The average Bonchev–Trinajstić information content (AvgIpc) is 2.62. The van der Waals surface area contributed by atoms with E-state index >= 15 is 0 Å². The van der Waals surface area contributed by atoms with E-state index in [1.165, 1.54) is 0 Å². The van der Waals surface area contributed by atoms with Crippen molar-refractivity contribution in [3.05, 3.63) is 58.6 Å². The lowest BCUT2D eigenvalue weighted by atomic mass is 9.82. The summed E-state index contributed by atoms with van der Waals surface area (Å²) in [4.78, 5) is 26.7. The highest BCUT2D eigenvalue weighted by atomic mass is 79.9. The summed E-state index contributed by atoms with van der Waals surface area (Å²) >= 11 is 3.46. The van der Waals surface area contributed by atoms with Crippen molar-refractivity contribution >= 4 is 28.1 Å². The number of halogens is 1. The van der Waals surface area contributed by atoms with Crippen LogP contribution >= 0.6 is 15.9 Å². The maximum absolute atomic E-state index is 12.6. The van der Waals surface area contributed by atoms with Crippen LogP contribution in [0.15, 0.2) is 53.0 Å². The molecule has 1 aliphatic rings. The minimum absolute atomic E-state index is 0.304. The second kappa shape index (κ2) is 8.77. The molecule has 1 N–H and O–H groups in total. The fourth-order valence-electron chi connectivity index (χ4n) is 3.52. The molecule has 1 aliphatic heterocycles. The molecule has 2 amide bonds. The van der Waals surface area contributed by atoms with E-state index in [-0.39, 0.29) is 0 Å². The number of hydrogen-bond donors (Lipinski definition) is 1. The van der Waals surface area contributed by atoms with Crippen LogP contribution in [0, 0.1) is 0 Å². The number of nitrogens with one attached hydrogen (secondary N) is 1. The van der Waals surface area contributed by atoms with E-state index in [1.807, 2.05) is 90.1 Å². The summed E-state index contributed by atoms with van der Waals surface area (Å²) in [6, 6.07) is 16.1. The fraction of sp³-hybridized carbons (Fsp3) is 0.440. The molecule has 1 fully saturated rings. The van der Waals surface area contributed by atoms with Crippen molar-refractivity contribution < 1.29 is 19.1 Å². The number of hydrogen-bond acceptors (Lipinski definition) is 4. The van der Waals surface area contributed by atoms with Gasteiger partial charge in [-0.15, -0.1) is 0 Å². The van der Waals surface area contributed by atoms with Gasteiger partial charge in [-0.25, -0.2) is 9.59 Å². The van der Waals surface area contributed by atoms with E-state index in [2.05, 4.69) is 21.2 Å². The van der Waals surface area contributed by atoms with Gasteiger partial charge in [-0.2, -0.15) is 0 Å². The van der Waals surface area contributed by atoms with Gasteiger partial charge in [0.15, 0.2) is 0 Å². The van der Waals surface area contributed by atoms with Gasteiger partial charge in [-0.05, 0) is 70.4 Å². The number of nitrogens with zero attached hydrogens (tertiary/aromatic N) is 1. The third kappa shape index (κ3) is 6.03. The smallest absolute Gasteiger partial charge is 0.410 e. The molecule has 0 aliphatic carbocycles. The molecular weight excluding hydrogens is 472 g/mol. The lowest BCUT2D eigenvalue weighted by Gasteiger charge is -2.50. The zero-order valence-electron chi connectivity index (χ0n) is 19.5. The molecule has 172 valence electrons. The van der Waals surface area contributed by atoms with Gasteiger partial charge >= 0.3 is 12.2 Å². The largest absolute Gasteiger partial charge is 0.444 e. The number of benzene rings is 2. The number of rotatable bonds is 3. The Hall–Kier alpha value is -2.54. The molecule has 0 aromatic heterocycles. The highest BCUT2D eigenvalue weighted by Gasteiger charge is 2.49. The van der Waals surface area contributed by atoms with Crippen LogP contribution in [-0.4, -0.2) is 41.4 Å². The van der Waals surface area contributed by atoms with Crippen molar-refractivity contribution in [2.75, 3.05) is 13.1 Å². The predicted molar refractivity (Wildman–Crippen MR) is 128 cm³/mol. The minimum Gasteiger partial charge on any atom is -0.444 e. The van der Waals surface area contributed by atoms with E-state index in [0.29, 0.717) is 13.1 Å². The van der Waals surface area contributed by atoms with Crippen LogP contribution in [0.3, 0.4) is 0 Å². The van der Waals surface area contributed by atoms with Crippen LogP contribution in [0.2, 0.25) is 0 Å². The Bertz CT molecular complexity index is 967. The highest BCUT2D eigenvalue weighted by Crippen LogP contribution is 2.35. The second-order valence-electron chi connectivity index (χ2n) is 10.1. The molecule has 0 spiro atoms. The van der Waals surface area contributed by atoms with E-state index in [9.17, 15) is 9.59 Å². The monoisotopic (exact) mass is 502 g/mol. The van der Waals surface area contributed by atoms with Gasteiger partial charge in [0.05, 0.1) is 13.1 Å². The molecule has 1 heterocycles. The van der Waals surface area contributed by atoms with Crippen LogP contribution in [0.5, 0.6) is 0 Å². The van der Waals surface area contributed by atoms with Crippen molar-refractivity contribution in [3.8, 4) is 11.1 Å². The lowest BCUT2D eigenvalue weighted by molar-refractivity contribution is -0.0229. The summed E-state index contributed by atoms with van der Waals surface area (Å²) in [6.07, 6.45) is -0.913. The van der Waals surface area contributed by atoms with Gasteiger partial charge in [-0.3, -0.25) is 0 Å². The first kappa shape index (κ1) is 24.1. The second-order valence-corrected chi connectivity index (χ2v) is 11.0. The maximum atomic E-state index is 12.6. The van der Waals surface area contributed by atoms with Gasteiger partial charge in [0.25, 0.3) is 0 Å². The molecule has 0 bridgehead atoms. The van der Waals surface area contributed by atoms with Crippen LogP contribution in [0.1, 0.15) is 47.1 Å². The summed E-state index contributed by atoms with van der Waals surface area (Å²) in [5.74, 6) is 0. The number of likely N-dealkylation sites (tertiary alicyclic amines) is 1. The van der Waals surface area contributed by atoms with Gasteiger partial charge in [-0.1, -0.05) is 52.3 Å². The predicted octanol–water partition coefficient (Wildman–Crippen LogP) is 6.09. The molecule has 32 heavy (non-hydrogen) atoms. The highest BCUT2D eigenvalue weighted by molar-refractivity contribution is 9.10. The van der Waals surface area contributed by atoms with Gasteiger partial charge in [0.2, 0.25) is 0 Å². The first-order chi connectivity index (χ1) is 14.8. The Morgan fingerprint density at radius 1 is 0.844 bits per heavy atom. The molecule has 3 rings (SSSR count). The van der Waals surface area contributed by atoms with Crippen LogP contribution < -0.4 is 5.32 Å². The third-order valence-corrected chi connectivity index (χ3v) is 5.46. The topological polar surface area (TPSA) is 67.9 Å². The van der Waals surface area contributed by atoms with E-state index in [0.717, 1.165) is 21.2 Å².